The first-order chi connectivity index (χ1) is 11.8. The summed E-state index contributed by atoms with van der Waals surface area (Å²) in [5.41, 5.74) is 1.21. The van der Waals surface area contributed by atoms with Crippen LogP contribution >= 0.6 is 0 Å². The highest BCUT2D eigenvalue weighted by molar-refractivity contribution is 7.92. The van der Waals surface area contributed by atoms with Crippen LogP contribution < -0.4 is 10.0 Å². The van der Waals surface area contributed by atoms with E-state index < -0.39 is 10.0 Å². The standard InChI is InChI=1S/C17H22N4O3S/c1-4-5-12(2)16(22)20-14-6-8-15(9-7-14)25(23,24)21-17-18-11-10-13(3)19-17/h6-12H,4-5H2,1-3H3,(H,20,22)(H,18,19,21)/t12-/m1/s1. The smallest absolute Gasteiger partial charge is 0.264 e. The normalized spacial score (nSPS) is 12.4. The lowest BCUT2D eigenvalue weighted by Crippen LogP contribution is -2.20. The molecule has 0 unspecified atom stereocenters. The Labute approximate surface area is 148 Å². The van der Waals surface area contributed by atoms with Crippen molar-refractivity contribution in [3.8, 4) is 0 Å². The fourth-order valence-corrected chi connectivity index (χ4v) is 3.18. The molecular weight excluding hydrogens is 340 g/mol. The maximum Gasteiger partial charge on any atom is 0.264 e. The van der Waals surface area contributed by atoms with Gasteiger partial charge in [-0.3, -0.25) is 4.79 Å². The minimum absolute atomic E-state index is 0.0192. The molecule has 0 saturated heterocycles. The topological polar surface area (TPSA) is 101 Å². The van der Waals surface area contributed by atoms with Crippen LogP contribution in [0, 0.1) is 12.8 Å². The number of carbonyl (C=O) groups excluding carboxylic acids is 1. The number of hydrogen-bond acceptors (Lipinski definition) is 5. The van der Waals surface area contributed by atoms with Crippen molar-refractivity contribution in [2.45, 2.75) is 38.5 Å². The summed E-state index contributed by atoms with van der Waals surface area (Å²) in [4.78, 5) is 20.0. The number of aryl methyl sites for hydroxylation is 1. The highest BCUT2D eigenvalue weighted by atomic mass is 32.2. The summed E-state index contributed by atoms with van der Waals surface area (Å²) in [6, 6.07) is 7.65. The van der Waals surface area contributed by atoms with E-state index in [1.807, 2.05) is 13.8 Å². The van der Waals surface area contributed by atoms with Gasteiger partial charge in [-0.1, -0.05) is 20.3 Å². The lowest BCUT2D eigenvalue weighted by atomic mass is 10.1. The van der Waals surface area contributed by atoms with Gasteiger partial charge in [-0.05, 0) is 43.7 Å². The van der Waals surface area contributed by atoms with Gasteiger partial charge in [0.05, 0.1) is 4.90 Å². The summed E-state index contributed by atoms with van der Waals surface area (Å²) < 4.78 is 27.1. The van der Waals surface area contributed by atoms with Crippen molar-refractivity contribution in [2.75, 3.05) is 10.0 Å². The summed E-state index contributed by atoms with van der Waals surface area (Å²) in [6.45, 7) is 5.63. The second-order valence-corrected chi connectivity index (χ2v) is 7.51. The Morgan fingerprint density at radius 1 is 1.20 bits per heavy atom. The van der Waals surface area contributed by atoms with E-state index in [0.717, 1.165) is 12.8 Å². The fraction of sp³-hybridized carbons (Fsp3) is 0.353. The quantitative estimate of drug-likeness (QED) is 0.788. The van der Waals surface area contributed by atoms with Gasteiger partial charge < -0.3 is 5.32 Å². The summed E-state index contributed by atoms with van der Waals surface area (Å²) >= 11 is 0. The van der Waals surface area contributed by atoms with Crippen molar-refractivity contribution in [1.29, 1.82) is 0 Å². The summed E-state index contributed by atoms with van der Waals surface area (Å²) in [6.07, 6.45) is 3.22. The predicted octanol–water partition coefficient (Wildman–Crippen LogP) is 2.96. The summed E-state index contributed by atoms with van der Waals surface area (Å²) in [5, 5.41) is 2.78. The summed E-state index contributed by atoms with van der Waals surface area (Å²) in [7, 11) is -3.79. The van der Waals surface area contributed by atoms with Crippen LogP contribution in [0.5, 0.6) is 0 Å². The van der Waals surface area contributed by atoms with Crippen LogP contribution in [0.15, 0.2) is 41.4 Å². The van der Waals surface area contributed by atoms with E-state index in [4.69, 9.17) is 0 Å². The second-order valence-electron chi connectivity index (χ2n) is 5.83. The molecule has 1 aromatic heterocycles. The van der Waals surface area contributed by atoms with Gasteiger partial charge in [0.15, 0.2) is 0 Å². The molecule has 25 heavy (non-hydrogen) atoms. The van der Waals surface area contributed by atoms with Gasteiger partial charge >= 0.3 is 0 Å². The molecule has 1 heterocycles. The van der Waals surface area contributed by atoms with E-state index in [1.165, 1.54) is 18.3 Å². The molecule has 0 fully saturated rings. The van der Waals surface area contributed by atoms with E-state index >= 15 is 0 Å². The number of nitrogens with zero attached hydrogens (tertiary/aromatic N) is 2. The Morgan fingerprint density at radius 3 is 2.48 bits per heavy atom. The third-order valence-corrected chi connectivity index (χ3v) is 4.97. The molecule has 0 aliphatic rings. The molecule has 1 aromatic carbocycles. The monoisotopic (exact) mass is 362 g/mol. The first-order valence-corrected chi connectivity index (χ1v) is 9.53. The minimum Gasteiger partial charge on any atom is -0.326 e. The average molecular weight is 362 g/mol. The zero-order valence-electron chi connectivity index (χ0n) is 14.5. The van der Waals surface area contributed by atoms with Crippen LogP contribution in [0.3, 0.4) is 0 Å². The highest BCUT2D eigenvalue weighted by Gasteiger charge is 2.16. The zero-order chi connectivity index (χ0) is 18.4. The lowest BCUT2D eigenvalue weighted by molar-refractivity contribution is -0.119. The molecule has 0 saturated carbocycles. The number of nitrogens with one attached hydrogen (secondary N) is 2. The van der Waals surface area contributed by atoms with Gasteiger partial charge in [-0.25, -0.2) is 23.1 Å². The largest absolute Gasteiger partial charge is 0.326 e. The molecule has 2 aromatic rings. The van der Waals surface area contributed by atoms with Crippen LogP contribution in [0.4, 0.5) is 11.6 Å². The molecular formula is C17H22N4O3S. The van der Waals surface area contributed by atoms with Gasteiger partial charge in [0.2, 0.25) is 11.9 Å². The van der Waals surface area contributed by atoms with Crippen LogP contribution in [0.25, 0.3) is 0 Å². The van der Waals surface area contributed by atoms with Gasteiger partial charge in [-0.15, -0.1) is 0 Å². The Bertz CT molecular complexity index is 835. The molecule has 2 rings (SSSR count). The maximum atomic E-state index is 12.4. The number of rotatable bonds is 7. The van der Waals surface area contributed by atoms with E-state index in [1.54, 1.807) is 25.1 Å². The predicted molar refractivity (Wildman–Crippen MR) is 96.7 cm³/mol. The van der Waals surface area contributed by atoms with Crippen LogP contribution in [-0.2, 0) is 14.8 Å². The van der Waals surface area contributed by atoms with Crippen LogP contribution in [0.2, 0.25) is 0 Å². The number of amides is 1. The first kappa shape index (κ1) is 18.9. The lowest BCUT2D eigenvalue weighted by Gasteiger charge is -2.12. The molecule has 0 radical (unpaired) electrons. The number of sulfonamides is 1. The maximum absolute atomic E-state index is 12.4. The van der Waals surface area contributed by atoms with Crippen molar-refractivity contribution in [3.05, 3.63) is 42.2 Å². The van der Waals surface area contributed by atoms with E-state index in [-0.39, 0.29) is 22.7 Å². The van der Waals surface area contributed by atoms with Crippen molar-refractivity contribution in [1.82, 2.24) is 9.97 Å². The van der Waals surface area contributed by atoms with Crippen molar-refractivity contribution < 1.29 is 13.2 Å². The van der Waals surface area contributed by atoms with E-state index in [9.17, 15) is 13.2 Å². The Balaban J connectivity index is 2.09. The summed E-state index contributed by atoms with van der Waals surface area (Å²) in [5.74, 6) is -0.150. The molecule has 0 bridgehead atoms. The molecule has 0 spiro atoms. The third kappa shape index (κ3) is 5.25. The average Bonchev–Trinajstić information content (AvgIpc) is 2.55. The Hall–Kier alpha value is -2.48. The van der Waals surface area contributed by atoms with Gasteiger partial charge in [0, 0.05) is 23.5 Å². The number of hydrogen-bond donors (Lipinski definition) is 2. The van der Waals surface area contributed by atoms with E-state index in [0.29, 0.717) is 11.4 Å². The highest BCUT2D eigenvalue weighted by Crippen LogP contribution is 2.17. The number of anilines is 2. The molecule has 0 aliphatic heterocycles. The molecule has 0 aliphatic carbocycles. The Kier molecular flexibility index (Phi) is 6.08. The first-order valence-electron chi connectivity index (χ1n) is 8.05. The van der Waals surface area contributed by atoms with Gasteiger partial charge in [-0.2, -0.15) is 0 Å². The van der Waals surface area contributed by atoms with Crippen molar-refractivity contribution >= 4 is 27.6 Å². The van der Waals surface area contributed by atoms with Crippen LogP contribution in [-0.4, -0.2) is 24.3 Å². The Morgan fingerprint density at radius 2 is 1.88 bits per heavy atom. The third-order valence-electron chi connectivity index (χ3n) is 3.62. The van der Waals surface area contributed by atoms with E-state index in [2.05, 4.69) is 20.0 Å². The number of aromatic nitrogens is 2. The second kappa shape index (κ2) is 8.06. The molecule has 7 nitrogen and oxygen atoms in total. The van der Waals surface area contributed by atoms with Gasteiger partial charge in [0.25, 0.3) is 10.0 Å². The van der Waals surface area contributed by atoms with Crippen molar-refractivity contribution in [2.24, 2.45) is 5.92 Å². The van der Waals surface area contributed by atoms with Crippen LogP contribution in [0.1, 0.15) is 32.4 Å². The fourth-order valence-electron chi connectivity index (χ4n) is 2.22. The number of carbonyl (C=O) groups is 1. The molecule has 1 amide bonds. The molecule has 8 heteroatoms. The zero-order valence-corrected chi connectivity index (χ0v) is 15.3. The molecule has 134 valence electrons. The SMILES string of the molecule is CCC[C@@H](C)C(=O)Nc1ccc(S(=O)(=O)Nc2nccc(C)n2)cc1. The van der Waals surface area contributed by atoms with Gasteiger partial charge in [0.1, 0.15) is 0 Å². The minimum atomic E-state index is -3.79. The van der Waals surface area contributed by atoms with Crippen molar-refractivity contribution in [3.63, 3.8) is 0 Å². The molecule has 2 N–H and O–H groups in total. The molecule has 1 atom stereocenters. The number of benzene rings is 1.